The Labute approximate surface area is 140 Å². The predicted octanol–water partition coefficient (Wildman–Crippen LogP) is 4.65. The molecule has 0 aliphatic carbocycles. The molecular weight excluding hydrogens is 303 g/mol. The molecule has 0 spiro atoms. The van der Waals surface area contributed by atoms with Crippen molar-refractivity contribution < 1.29 is 9.13 Å². The molecule has 3 rings (SSSR count). The molecule has 0 atom stereocenters. The van der Waals surface area contributed by atoms with Gasteiger partial charge in [0.1, 0.15) is 18.5 Å². The summed E-state index contributed by atoms with van der Waals surface area (Å²) in [5.74, 6) is 0.117. The molecule has 0 aliphatic heterocycles. The van der Waals surface area contributed by atoms with Crippen LogP contribution in [0.15, 0.2) is 60.8 Å². The number of hydrogen-bond donors (Lipinski definition) is 0. The quantitative estimate of drug-likeness (QED) is 0.703. The third kappa shape index (κ3) is 3.26. The molecule has 24 heavy (non-hydrogen) atoms. The Bertz CT molecular complexity index is 901. The average molecular weight is 318 g/mol. The van der Waals surface area contributed by atoms with E-state index in [-0.39, 0.29) is 11.5 Å². The lowest BCUT2D eigenvalue weighted by atomic mass is 10.0. The first kappa shape index (κ1) is 15.7. The fourth-order valence-corrected chi connectivity index (χ4v) is 2.52. The van der Waals surface area contributed by atoms with Crippen LogP contribution in [0.5, 0.6) is 5.75 Å². The van der Waals surface area contributed by atoms with Crippen LogP contribution >= 0.6 is 0 Å². The highest BCUT2D eigenvalue weighted by Gasteiger charge is 2.14. The molecular formula is C20H15FN2O. The molecule has 0 radical (unpaired) electrons. The second kappa shape index (κ2) is 6.93. The summed E-state index contributed by atoms with van der Waals surface area (Å²) < 4.78 is 19.4. The smallest absolute Gasteiger partial charge is 0.182 e. The van der Waals surface area contributed by atoms with Crippen molar-refractivity contribution in [3.8, 4) is 22.9 Å². The van der Waals surface area contributed by atoms with E-state index in [1.807, 2.05) is 37.3 Å². The lowest BCUT2D eigenvalue weighted by Gasteiger charge is -2.14. The molecule has 1 aromatic heterocycles. The van der Waals surface area contributed by atoms with Gasteiger partial charge in [-0.2, -0.15) is 5.26 Å². The Morgan fingerprint density at radius 1 is 1.12 bits per heavy atom. The zero-order valence-corrected chi connectivity index (χ0v) is 13.2. The first-order valence-corrected chi connectivity index (χ1v) is 7.51. The fourth-order valence-electron chi connectivity index (χ4n) is 2.52. The van der Waals surface area contributed by atoms with Gasteiger partial charge in [0.25, 0.3) is 0 Å². The van der Waals surface area contributed by atoms with Crippen LogP contribution in [0.2, 0.25) is 0 Å². The molecule has 0 amide bonds. The van der Waals surface area contributed by atoms with E-state index in [1.165, 1.54) is 12.1 Å². The molecule has 0 aliphatic rings. The number of aromatic nitrogens is 1. The Balaban J connectivity index is 1.98. The van der Waals surface area contributed by atoms with E-state index in [2.05, 4.69) is 11.1 Å². The molecule has 0 N–H and O–H groups in total. The first-order valence-electron chi connectivity index (χ1n) is 7.51. The van der Waals surface area contributed by atoms with Crippen LogP contribution in [-0.4, -0.2) is 4.98 Å². The summed E-state index contributed by atoms with van der Waals surface area (Å²) in [7, 11) is 0. The van der Waals surface area contributed by atoms with E-state index in [1.54, 1.807) is 18.3 Å². The van der Waals surface area contributed by atoms with Gasteiger partial charge in [-0.15, -0.1) is 0 Å². The highest BCUT2D eigenvalue weighted by atomic mass is 19.1. The molecule has 0 saturated carbocycles. The maximum atomic E-state index is 13.5. The molecule has 2 aromatic carbocycles. The van der Waals surface area contributed by atoms with Gasteiger partial charge in [0.15, 0.2) is 11.4 Å². The predicted molar refractivity (Wildman–Crippen MR) is 89.9 cm³/mol. The third-order valence-corrected chi connectivity index (χ3v) is 3.75. The number of nitrogens with zero attached hydrogens (tertiary/aromatic N) is 2. The number of ether oxygens (including phenoxy) is 1. The van der Waals surface area contributed by atoms with E-state index in [4.69, 9.17) is 4.74 Å². The van der Waals surface area contributed by atoms with Gasteiger partial charge in [-0.3, -0.25) is 0 Å². The van der Waals surface area contributed by atoms with Crippen LogP contribution in [0.3, 0.4) is 0 Å². The van der Waals surface area contributed by atoms with E-state index >= 15 is 0 Å². The number of pyridine rings is 1. The summed E-state index contributed by atoms with van der Waals surface area (Å²) in [5, 5.41) is 9.29. The van der Waals surface area contributed by atoms with E-state index in [0.29, 0.717) is 17.9 Å². The summed E-state index contributed by atoms with van der Waals surface area (Å²) in [6.07, 6.45) is 1.58. The van der Waals surface area contributed by atoms with Crippen molar-refractivity contribution in [3.05, 3.63) is 83.4 Å². The van der Waals surface area contributed by atoms with Crippen molar-refractivity contribution in [1.82, 2.24) is 4.98 Å². The van der Waals surface area contributed by atoms with E-state index < -0.39 is 0 Å². The monoisotopic (exact) mass is 318 g/mol. The van der Waals surface area contributed by atoms with E-state index in [0.717, 1.165) is 16.7 Å². The number of hydrogen-bond acceptors (Lipinski definition) is 3. The van der Waals surface area contributed by atoms with Gasteiger partial charge in [-0.05, 0) is 30.2 Å². The van der Waals surface area contributed by atoms with Crippen LogP contribution in [-0.2, 0) is 6.61 Å². The van der Waals surface area contributed by atoms with Crippen LogP contribution in [0, 0.1) is 24.1 Å². The number of benzene rings is 2. The molecule has 0 bridgehead atoms. The summed E-state index contributed by atoms with van der Waals surface area (Å²) >= 11 is 0. The van der Waals surface area contributed by atoms with Gasteiger partial charge in [-0.1, -0.05) is 42.5 Å². The zero-order valence-electron chi connectivity index (χ0n) is 13.2. The maximum Gasteiger partial charge on any atom is 0.182 e. The Morgan fingerprint density at radius 3 is 2.62 bits per heavy atom. The summed E-state index contributed by atoms with van der Waals surface area (Å²) in [4.78, 5) is 4.17. The SMILES string of the molecule is Cc1c(-c2cccc(F)c2)cnc(C#N)c1OCc1ccccc1. The second-order valence-electron chi connectivity index (χ2n) is 5.37. The van der Waals surface area contributed by atoms with Gasteiger partial charge in [-0.25, -0.2) is 9.37 Å². The zero-order chi connectivity index (χ0) is 16.9. The average Bonchev–Trinajstić information content (AvgIpc) is 2.61. The standard InChI is InChI=1S/C20H15FN2O/c1-14-18(16-8-5-9-17(21)10-16)12-23-19(11-22)20(14)24-13-15-6-3-2-4-7-15/h2-10,12H,13H2,1H3. The number of rotatable bonds is 4. The van der Waals surface area contributed by atoms with Crippen molar-refractivity contribution in [3.63, 3.8) is 0 Å². The molecule has 0 saturated heterocycles. The highest BCUT2D eigenvalue weighted by molar-refractivity contribution is 5.70. The first-order chi connectivity index (χ1) is 11.7. The molecule has 3 aromatic rings. The summed E-state index contributed by atoms with van der Waals surface area (Å²) in [6.45, 7) is 2.19. The Hall–Kier alpha value is -3.19. The largest absolute Gasteiger partial charge is 0.486 e. The van der Waals surface area contributed by atoms with Crippen LogP contribution < -0.4 is 4.74 Å². The number of halogens is 1. The van der Waals surface area contributed by atoms with Crippen LogP contribution in [0.25, 0.3) is 11.1 Å². The minimum atomic E-state index is -0.317. The summed E-state index contributed by atoms with van der Waals surface area (Å²) in [6, 6.07) is 18.0. The van der Waals surface area contributed by atoms with Crippen LogP contribution in [0.4, 0.5) is 4.39 Å². The van der Waals surface area contributed by atoms with Crippen LogP contribution in [0.1, 0.15) is 16.8 Å². The third-order valence-electron chi connectivity index (χ3n) is 3.75. The van der Waals surface area contributed by atoms with Gasteiger partial charge >= 0.3 is 0 Å². The lowest BCUT2D eigenvalue weighted by molar-refractivity contribution is 0.302. The molecule has 1 heterocycles. The van der Waals surface area contributed by atoms with Crippen molar-refractivity contribution in [2.24, 2.45) is 0 Å². The van der Waals surface area contributed by atoms with Gasteiger partial charge < -0.3 is 4.74 Å². The summed E-state index contributed by atoms with van der Waals surface area (Å²) in [5.41, 5.74) is 3.44. The Kier molecular flexibility index (Phi) is 4.53. The Morgan fingerprint density at radius 2 is 1.92 bits per heavy atom. The number of nitriles is 1. The molecule has 0 fully saturated rings. The minimum Gasteiger partial charge on any atom is -0.486 e. The topological polar surface area (TPSA) is 45.9 Å². The van der Waals surface area contributed by atoms with Crippen molar-refractivity contribution in [1.29, 1.82) is 5.26 Å². The van der Waals surface area contributed by atoms with Gasteiger partial charge in [0.05, 0.1) is 0 Å². The molecule has 0 unspecified atom stereocenters. The fraction of sp³-hybridized carbons (Fsp3) is 0.100. The van der Waals surface area contributed by atoms with Gasteiger partial charge in [0, 0.05) is 17.3 Å². The maximum absolute atomic E-state index is 13.5. The molecule has 3 nitrogen and oxygen atoms in total. The van der Waals surface area contributed by atoms with E-state index in [9.17, 15) is 9.65 Å². The normalized spacial score (nSPS) is 10.2. The van der Waals surface area contributed by atoms with Crippen molar-refractivity contribution in [2.45, 2.75) is 13.5 Å². The highest BCUT2D eigenvalue weighted by Crippen LogP contribution is 2.32. The lowest BCUT2D eigenvalue weighted by Crippen LogP contribution is -2.02. The molecule has 4 heteroatoms. The van der Waals surface area contributed by atoms with Crippen molar-refractivity contribution >= 4 is 0 Å². The minimum absolute atomic E-state index is 0.226. The van der Waals surface area contributed by atoms with Gasteiger partial charge in [0.2, 0.25) is 0 Å². The van der Waals surface area contributed by atoms with Crippen molar-refractivity contribution in [2.75, 3.05) is 0 Å². The molecule has 118 valence electrons. The second-order valence-corrected chi connectivity index (χ2v) is 5.37.